The molecule has 2 N–H and O–H groups in total. The molecule has 0 bridgehead atoms. The van der Waals surface area contributed by atoms with Crippen LogP contribution in [0, 0.1) is 0 Å². The number of aliphatic imine (C=N–C) groups is 1. The zero-order valence-electron chi connectivity index (χ0n) is 13.9. The van der Waals surface area contributed by atoms with Gasteiger partial charge in [-0.25, -0.2) is 4.79 Å². The normalized spacial score (nSPS) is 15.8. The minimum Gasteiger partial charge on any atom is -0.481 e. The van der Waals surface area contributed by atoms with Crippen molar-refractivity contribution in [2.45, 2.75) is 31.1 Å². The second kappa shape index (κ2) is 5.53. The first kappa shape index (κ1) is 17.4. The SMILES string of the molecule is CC1=Nc2ccc3cc(S(=O)(=O)O)cc(OCC(=O)O)c3c2C1(C)C. The summed E-state index contributed by atoms with van der Waals surface area (Å²) in [7, 11) is -4.47. The predicted octanol–water partition coefficient (Wildman–Crippen LogP) is 2.93. The summed E-state index contributed by atoms with van der Waals surface area (Å²) in [5.41, 5.74) is 2.04. The lowest BCUT2D eigenvalue weighted by Gasteiger charge is -2.23. The minimum absolute atomic E-state index is 0.0855. The van der Waals surface area contributed by atoms with E-state index < -0.39 is 28.1 Å². The topological polar surface area (TPSA) is 113 Å². The molecule has 0 saturated carbocycles. The van der Waals surface area contributed by atoms with Crippen molar-refractivity contribution in [3.8, 4) is 5.75 Å². The fraction of sp³-hybridized carbons (Fsp3) is 0.294. The Morgan fingerprint density at radius 3 is 2.56 bits per heavy atom. The Balaban J connectivity index is 2.36. The molecule has 1 aliphatic rings. The van der Waals surface area contributed by atoms with E-state index in [1.54, 1.807) is 12.1 Å². The molecule has 132 valence electrons. The quantitative estimate of drug-likeness (QED) is 0.808. The molecular formula is C17H17NO6S. The molecule has 0 spiro atoms. The molecule has 0 aliphatic carbocycles. The molecule has 8 heteroatoms. The van der Waals surface area contributed by atoms with Crippen molar-refractivity contribution in [2.75, 3.05) is 6.61 Å². The molecule has 0 atom stereocenters. The van der Waals surface area contributed by atoms with Crippen LogP contribution in [0.2, 0.25) is 0 Å². The highest BCUT2D eigenvalue weighted by molar-refractivity contribution is 7.85. The summed E-state index contributed by atoms with van der Waals surface area (Å²) < 4.78 is 37.8. The highest BCUT2D eigenvalue weighted by atomic mass is 32.2. The number of fused-ring (bicyclic) bond motifs is 3. The molecule has 0 amide bonds. The first-order valence-electron chi connectivity index (χ1n) is 7.51. The Kier molecular flexibility index (Phi) is 3.85. The third kappa shape index (κ3) is 2.87. The van der Waals surface area contributed by atoms with Gasteiger partial charge in [0.05, 0.1) is 10.6 Å². The van der Waals surface area contributed by atoms with Gasteiger partial charge in [-0.2, -0.15) is 8.42 Å². The van der Waals surface area contributed by atoms with Crippen LogP contribution in [0.3, 0.4) is 0 Å². The summed E-state index contributed by atoms with van der Waals surface area (Å²) in [6.45, 7) is 5.23. The molecule has 1 heterocycles. The van der Waals surface area contributed by atoms with Gasteiger partial charge in [-0.3, -0.25) is 9.55 Å². The average molecular weight is 363 g/mol. The van der Waals surface area contributed by atoms with E-state index in [9.17, 15) is 17.8 Å². The molecule has 3 rings (SSSR count). The highest BCUT2D eigenvalue weighted by Gasteiger charge is 2.35. The van der Waals surface area contributed by atoms with E-state index in [1.807, 2.05) is 20.8 Å². The number of carboxylic acid groups (broad SMARTS) is 1. The van der Waals surface area contributed by atoms with E-state index in [4.69, 9.17) is 9.84 Å². The number of benzene rings is 2. The standard InChI is InChI=1S/C17H17NO6S/c1-9-17(2,3)16-12(18-9)5-4-10-6-11(25(21,22)23)7-13(15(10)16)24-8-14(19)20/h4-7H,8H2,1-3H3,(H,19,20)(H,21,22,23). The average Bonchev–Trinajstić information content (AvgIpc) is 2.73. The van der Waals surface area contributed by atoms with Gasteiger partial charge in [-0.15, -0.1) is 0 Å². The van der Waals surface area contributed by atoms with Gasteiger partial charge < -0.3 is 9.84 Å². The molecule has 0 unspecified atom stereocenters. The first-order valence-corrected chi connectivity index (χ1v) is 8.95. The summed E-state index contributed by atoms with van der Waals surface area (Å²) in [4.78, 5) is 15.1. The Labute approximate surface area is 144 Å². The number of carboxylic acids is 1. The number of carbonyl (C=O) groups is 1. The van der Waals surface area contributed by atoms with Gasteiger partial charge in [0.1, 0.15) is 5.75 Å². The van der Waals surface area contributed by atoms with Crippen LogP contribution in [-0.2, 0) is 20.3 Å². The predicted molar refractivity (Wildman–Crippen MR) is 92.7 cm³/mol. The Bertz CT molecular complexity index is 1040. The molecule has 0 radical (unpaired) electrons. The van der Waals surface area contributed by atoms with Crippen LogP contribution >= 0.6 is 0 Å². The van der Waals surface area contributed by atoms with Crippen molar-refractivity contribution < 1.29 is 27.6 Å². The van der Waals surface area contributed by atoms with Crippen molar-refractivity contribution in [1.82, 2.24) is 0 Å². The molecule has 2 aromatic carbocycles. The number of ether oxygens (including phenoxy) is 1. The summed E-state index contributed by atoms with van der Waals surface area (Å²) in [5.74, 6) is -1.10. The maximum atomic E-state index is 11.5. The largest absolute Gasteiger partial charge is 0.481 e. The zero-order chi connectivity index (χ0) is 18.6. The Hall–Kier alpha value is -2.45. The van der Waals surface area contributed by atoms with Gasteiger partial charge in [0.2, 0.25) is 0 Å². The van der Waals surface area contributed by atoms with Gasteiger partial charge >= 0.3 is 5.97 Å². The molecule has 2 aromatic rings. The number of hydrogen-bond acceptors (Lipinski definition) is 5. The number of rotatable bonds is 4. The molecular weight excluding hydrogens is 346 g/mol. The van der Waals surface area contributed by atoms with Crippen molar-refractivity contribution in [2.24, 2.45) is 4.99 Å². The molecule has 1 aliphatic heterocycles. The van der Waals surface area contributed by atoms with E-state index in [-0.39, 0.29) is 10.6 Å². The summed E-state index contributed by atoms with van der Waals surface area (Å²) in [6, 6.07) is 5.92. The van der Waals surface area contributed by atoms with E-state index in [0.717, 1.165) is 23.0 Å². The van der Waals surface area contributed by atoms with Gasteiger partial charge in [0, 0.05) is 28.1 Å². The third-order valence-electron chi connectivity index (χ3n) is 4.50. The van der Waals surface area contributed by atoms with E-state index >= 15 is 0 Å². The number of nitrogens with zero attached hydrogens (tertiary/aromatic N) is 1. The van der Waals surface area contributed by atoms with Crippen LogP contribution in [-0.4, -0.2) is 36.4 Å². The second-order valence-electron chi connectivity index (χ2n) is 6.46. The van der Waals surface area contributed by atoms with E-state index in [2.05, 4.69) is 4.99 Å². The lowest BCUT2D eigenvalue weighted by atomic mass is 9.79. The summed E-state index contributed by atoms with van der Waals surface area (Å²) >= 11 is 0. The number of hydrogen-bond donors (Lipinski definition) is 2. The van der Waals surface area contributed by atoms with Crippen LogP contribution in [0.25, 0.3) is 10.8 Å². The van der Waals surface area contributed by atoms with Gasteiger partial charge in [0.15, 0.2) is 6.61 Å². The smallest absolute Gasteiger partial charge is 0.341 e. The van der Waals surface area contributed by atoms with Crippen molar-refractivity contribution in [3.63, 3.8) is 0 Å². The summed E-state index contributed by atoms with van der Waals surface area (Å²) in [6.07, 6.45) is 0. The van der Waals surface area contributed by atoms with Crippen molar-refractivity contribution in [1.29, 1.82) is 0 Å². The van der Waals surface area contributed by atoms with Crippen molar-refractivity contribution >= 4 is 38.3 Å². The minimum atomic E-state index is -4.47. The van der Waals surface area contributed by atoms with E-state index in [0.29, 0.717) is 10.8 Å². The maximum absolute atomic E-state index is 11.5. The monoisotopic (exact) mass is 363 g/mol. The molecule has 25 heavy (non-hydrogen) atoms. The lowest BCUT2D eigenvalue weighted by Crippen LogP contribution is -2.23. The summed E-state index contributed by atoms with van der Waals surface area (Å²) in [5, 5.41) is 10.0. The molecule has 0 saturated heterocycles. The van der Waals surface area contributed by atoms with Gasteiger partial charge in [-0.1, -0.05) is 19.9 Å². The highest BCUT2D eigenvalue weighted by Crippen LogP contribution is 2.47. The Morgan fingerprint density at radius 2 is 1.96 bits per heavy atom. The van der Waals surface area contributed by atoms with Crippen LogP contribution < -0.4 is 4.74 Å². The number of aliphatic carboxylic acids is 1. The Morgan fingerprint density at radius 1 is 1.28 bits per heavy atom. The first-order chi connectivity index (χ1) is 11.5. The molecule has 0 aromatic heterocycles. The van der Waals surface area contributed by atoms with Crippen molar-refractivity contribution in [3.05, 3.63) is 29.8 Å². The fourth-order valence-electron chi connectivity index (χ4n) is 3.02. The van der Waals surface area contributed by atoms with Crippen LogP contribution in [0.1, 0.15) is 26.3 Å². The van der Waals surface area contributed by atoms with Crippen LogP contribution in [0.15, 0.2) is 34.2 Å². The van der Waals surface area contributed by atoms with E-state index in [1.165, 1.54) is 6.07 Å². The molecule has 7 nitrogen and oxygen atoms in total. The third-order valence-corrected chi connectivity index (χ3v) is 5.33. The van der Waals surface area contributed by atoms with Crippen LogP contribution in [0.4, 0.5) is 5.69 Å². The van der Waals surface area contributed by atoms with Crippen LogP contribution in [0.5, 0.6) is 5.75 Å². The maximum Gasteiger partial charge on any atom is 0.341 e. The zero-order valence-corrected chi connectivity index (χ0v) is 14.7. The molecule has 0 fully saturated rings. The second-order valence-corrected chi connectivity index (χ2v) is 7.88. The lowest BCUT2D eigenvalue weighted by molar-refractivity contribution is -0.139. The fourth-order valence-corrected chi connectivity index (χ4v) is 3.55. The van der Waals surface area contributed by atoms with Gasteiger partial charge in [-0.05, 0) is 24.4 Å². The van der Waals surface area contributed by atoms with Gasteiger partial charge in [0.25, 0.3) is 10.1 Å².